The number of hydrogen-bond donors (Lipinski definition) is 1. The third-order valence-corrected chi connectivity index (χ3v) is 3.47. The topological polar surface area (TPSA) is 29.1 Å². The molecule has 0 spiro atoms. The first-order valence-corrected chi connectivity index (χ1v) is 7.07. The second-order valence-electron chi connectivity index (χ2n) is 4.94. The van der Waals surface area contributed by atoms with Crippen LogP contribution in [0.3, 0.4) is 0 Å². The maximum atomic E-state index is 14.0. The molecule has 0 aliphatic heterocycles. The second-order valence-corrected chi connectivity index (χ2v) is 5.37. The van der Waals surface area contributed by atoms with Crippen LogP contribution in [0.5, 0.6) is 0 Å². The molecule has 0 radical (unpaired) electrons. The number of amides is 1. The Bertz CT molecular complexity index is 728. The molecule has 24 heavy (non-hydrogen) atoms. The lowest BCUT2D eigenvalue weighted by Crippen LogP contribution is -2.35. The fraction of sp³-hybridized carbons (Fsp3) is 0.188. The Balaban J connectivity index is 2.15. The second kappa shape index (κ2) is 6.76. The molecule has 0 atom stereocenters. The van der Waals surface area contributed by atoms with Crippen molar-refractivity contribution in [3.8, 4) is 0 Å². The highest BCUT2D eigenvalue weighted by molar-refractivity contribution is 6.30. The Morgan fingerprint density at radius 1 is 0.958 bits per heavy atom. The zero-order chi connectivity index (χ0) is 18.0. The summed E-state index contributed by atoms with van der Waals surface area (Å²) in [5.41, 5.74) is -2.30. The van der Waals surface area contributed by atoms with Gasteiger partial charge in [-0.05, 0) is 24.3 Å². The molecule has 0 aliphatic carbocycles. The van der Waals surface area contributed by atoms with Crippen LogP contribution in [0, 0.1) is 0 Å². The molecule has 0 aromatic heterocycles. The molecule has 2 nitrogen and oxygen atoms in total. The van der Waals surface area contributed by atoms with Crippen molar-refractivity contribution in [3.63, 3.8) is 0 Å². The molecule has 8 heteroatoms. The molecule has 1 amide bonds. The lowest BCUT2D eigenvalue weighted by atomic mass is 10.1. The summed E-state index contributed by atoms with van der Waals surface area (Å²) in [5.74, 6) is -4.68. The molecular formula is C16H11ClF5NO. The quantitative estimate of drug-likeness (QED) is 0.771. The van der Waals surface area contributed by atoms with Crippen molar-refractivity contribution in [1.82, 2.24) is 5.32 Å². The van der Waals surface area contributed by atoms with Gasteiger partial charge < -0.3 is 5.32 Å². The van der Waals surface area contributed by atoms with Gasteiger partial charge >= 0.3 is 6.18 Å². The third-order valence-electron chi connectivity index (χ3n) is 3.21. The van der Waals surface area contributed by atoms with E-state index in [2.05, 4.69) is 0 Å². The van der Waals surface area contributed by atoms with E-state index in [9.17, 15) is 26.7 Å². The van der Waals surface area contributed by atoms with Crippen LogP contribution in [0.1, 0.15) is 21.5 Å². The number of benzene rings is 2. The predicted octanol–water partition coefficient (Wildman–Crippen LogP) is 4.88. The molecule has 0 bridgehead atoms. The molecular weight excluding hydrogens is 353 g/mol. The summed E-state index contributed by atoms with van der Waals surface area (Å²) < 4.78 is 66.6. The van der Waals surface area contributed by atoms with Gasteiger partial charge in [-0.15, -0.1) is 0 Å². The molecule has 0 saturated carbocycles. The lowest BCUT2D eigenvalue weighted by Gasteiger charge is -2.18. The number of alkyl halides is 5. The summed E-state index contributed by atoms with van der Waals surface area (Å²) >= 11 is 5.61. The standard InChI is InChI=1S/C16H11ClF5NO/c17-11-7-5-10(6-8-11)15(18,19)9-23-14(24)12-3-1-2-4-13(12)16(20,21)22/h1-8H,9H2,(H,23,24). The van der Waals surface area contributed by atoms with Crippen LogP contribution in [0.15, 0.2) is 48.5 Å². The zero-order valence-electron chi connectivity index (χ0n) is 12.0. The van der Waals surface area contributed by atoms with Crippen molar-refractivity contribution in [3.05, 3.63) is 70.2 Å². The largest absolute Gasteiger partial charge is 0.417 e. The first kappa shape index (κ1) is 18.2. The highest BCUT2D eigenvalue weighted by Crippen LogP contribution is 2.32. The Hall–Kier alpha value is -2.15. The fourth-order valence-corrected chi connectivity index (χ4v) is 2.14. The molecule has 128 valence electrons. The average molecular weight is 364 g/mol. The van der Waals surface area contributed by atoms with Gasteiger partial charge in [0, 0.05) is 10.6 Å². The molecule has 0 saturated heterocycles. The predicted molar refractivity (Wildman–Crippen MR) is 79.1 cm³/mol. The number of nitrogens with one attached hydrogen (secondary N) is 1. The van der Waals surface area contributed by atoms with Crippen molar-refractivity contribution < 1.29 is 26.7 Å². The molecule has 2 aromatic carbocycles. The Morgan fingerprint density at radius 3 is 2.12 bits per heavy atom. The highest BCUT2D eigenvalue weighted by Gasteiger charge is 2.36. The summed E-state index contributed by atoms with van der Waals surface area (Å²) in [6, 6.07) is 8.65. The minimum Gasteiger partial charge on any atom is -0.346 e. The summed E-state index contributed by atoms with van der Waals surface area (Å²) in [6.07, 6.45) is -4.76. The summed E-state index contributed by atoms with van der Waals surface area (Å²) in [7, 11) is 0. The normalized spacial score (nSPS) is 12.1. The van der Waals surface area contributed by atoms with E-state index in [1.165, 1.54) is 18.2 Å². The van der Waals surface area contributed by atoms with Crippen molar-refractivity contribution in [1.29, 1.82) is 0 Å². The first-order chi connectivity index (χ1) is 11.1. The highest BCUT2D eigenvalue weighted by atomic mass is 35.5. The van der Waals surface area contributed by atoms with E-state index >= 15 is 0 Å². The van der Waals surface area contributed by atoms with Gasteiger partial charge in [0.05, 0.1) is 17.7 Å². The van der Waals surface area contributed by atoms with E-state index in [1.807, 2.05) is 5.32 Å². The summed E-state index contributed by atoms with van der Waals surface area (Å²) in [4.78, 5) is 11.9. The number of carbonyl (C=O) groups is 1. The van der Waals surface area contributed by atoms with E-state index in [-0.39, 0.29) is 5.02 Å². The first-order valence-electron chi connectivity index (χ1n) is 6.69. The van der Waals surface area contributed by atoms with E-state index in [0.29, 0.717) is 6.07 Å². The number of hydrogen-bond acceptors (Lipinski definition) is 1. The monoisotopic (exact) mass is 363 g/mol. The van der Waals surface area contributed by atoms with Crippen LogP contribution in [-0.4, -0.2) is 12.5 Å². The Kier molecular flexibility index (Phi) is 5.13. The minimum atomic E-state index is -4.76. The fourth-order valence-electron chi connectivity index (χ4n) is 2.01. The summed E-state index contributed by atoms with van der Waals surface area (Å²) in [5, 5.41) is 2.10. The molecule has 0 unspecified atom stereocenters. The van der Waals surface area contributed by atoms with Gasteiger partial charge in [-0.1, -0.05) is 35.9 Å². The van der Waals surface area contributed by atoms with Crippen LogP contribution < -0.4 is 5.32 Å². The van der Waals surface area contributed by atoms with Gasteiger partial charge in [-0.3, -0.25) is 4.79 Å². The SMILES string of the molecule is O=C(NCC(F)(F)c1ccc(Cl)cc1)c1ccccc1C(F)(F)F. The maximum Gasteiger partial charge on any atom is 0.417 e. The molecule has 1 N–H and O–H groups in total. The van der Waals surface area contributed by atoms with Gasteiger partial charge in [0.15, 0.2) is 0 Å². The van der Waals surface area contributed by atoms with Crippen LogP contribution in [-0.2, 0) is 12.1 Å². The van der Waals surface area contributed by atoms with Gasteiger partial charge in [-0.25, -0.2) is 0 Å². The van der Waals surface area contributed by atoms with Gasteiger partial charge in [-0.2, -0.15) is 22.0 Å². The maximum absolute atomic E-state index is 14.0. The number of rotatable bonds is 4. The molecule has 2 rings (SSSR count). The lowest BCUT2D eigenvalue weighted by molar-refractivity contribution is -0.137. The van der Waals surface area contributed by atoms with Crippen molar-refractivity contribution >= 4 is 17.5 Å². The van der Waals surface area contributed by atoms with Crippen molar-refractivity contribution in [2.45, 2.75) is 12.1 Å². The molecule has 0 aliphatic rings. The number of halogens is 6. The van der Waals surface area contributed by atoms with Gasteiger partial charge in [0.1, 0.15) is 0 Å². The third kappa shape index (κ3) is 4.23. The van der Waals surface area contributed by atoms with Crippen molar-refractivity contribution in [2.24, 2.45) is 0 Å². The van der Waals surface area contributed by atoms with Crippen molar-refractivity contribution in [2.75, 3.05) is 6.54 Å². The van der Waals surface area contributed by atoms with Crippen LogP contribution in [0.2, 0.25) is 5.02 Å². The Labute approximate surface area is 139 Å². The minimum absolute atomic E-state index is 0.262. The van der Waals surface area contributed by atoms with Crippen LogP contribution >= 0.6 is 11.6 Å². The van der Waals surface area contributed by atoms with E-state index in [0.717, 1.165) is 24.3 Å². The van der Waals surface area contributed by atoms with Gasteiger partial charge in [0.2, 0.25) is 0 Å². The van der Waals surface area contributed by atoms with E-state index in [1.54, 1.807) is 0 Å². The zero-order valence-corrected chi connectivity index (χ0v) is 12.8. The smallest absolute Gasteiger partial charge is 0.346 e. The molecule has 0 fully saturated rings. The van der Waals surface area contributed by atoms with E-state index < -0.39 is 41.2 Å². The average Bonchev–Trinajstić information content (AvgIpc) is 2.52. The molecule has 2 aromatic rings. The number of carbonyl (C=O) groups excluding carboxylic acids is 1. The van der Waals surface area contributed by atoms with Crippen LogP contribution in [0.4, 0.5) is 22.0 Å². The van der Waals surface area contributed by atoms with Crippen LogP contribution in [0.25, 0.3) is 0 Å². The van der Waals surface area contributed by atoms with E-state index in [4.69, 9.17) is 11.6 Å². The molecule has 0 heterocycles. The Morgan fingerprint density at radius 2 is 1.54 bits per heavy atom. The van der Waals surface area contributed by atoms with Gasteiger partial charge in [0.25, 0.3) is 11.8 Å². The summed E-state index contributed by atoms with van der Waals surface area (Å²) in [6.45, 7) is -1.14.